The van der Waals surface area contributed by atoms with Gasteiger partial charge in [-0.3, -0.25) is 0 Å². The lowest BCUT2D eigenvalue weighted by molar-refractivity contribution is 0.0644. The number of methoxy groups -OCH3 is 1. The maximum atomic E-state index is 13.2. The molecule has 0 saturated heterocycles. The smallest absolute Gasteiger partial charge is 0.137 e. The monoisotopic (exact) mass is 281 g/mol. The summed E-state index contributed by atoms with van der Waals surface area (Å²) in [6.07, 6.45) is 0.712. The van der Waals surface area contributed by atoms with Gasteiger partial charge in [-0.15, -0.1) is 0 Å². The van der Waals surface area contributed by atoms with E-state index < -0.39 is 0 Å². The molecule has 0 spiro atoms. The molecule has 4 nitrogen and oxygen atoms in total. The zero-order valence-electron chi connectivity index (χ0n) is 11.7. The predicted molar refractivity (Wildman–Crippen MR) is 75.1 cm³/mol. The van der Waals surface area contributed by atoms with Gasteiger partial charge >= 0.3 is 0 Å². The minimum atomic E-state index is -0.352. The maximum Gasteiger partial charge on any atom is 0.137 e. The summed E-state index contributed by atoms with van der Waals surface area (Å²) in [5.41, 5.74) is 5.96. The average molecular weight is 281 g/mol. The van der Waals surface area contributed by atoms with Crippen molar-refractivity contribution in [2.45, 2.75) is 6.42 Å². The number of benzene rings is 1. The topological polar surface area (TPSA) is 53.7 Å². The van der Waals surface area contributed by atoms with Crippen molar-refractivity contribution < 1.29 is 18.6 Å². The van der Waals surface area contributed by atoms with E-state index in [-0.39, 0.29) is 12.4 Å². The Balaban J connectivity index is 2.40. The van der Waals surface area contributed by atoms with Crippen LogP contribution in [0.2, 0.25) is 0 Å². The second-order valence-corrected chi connectivity index (χ2v) is 3.95. The molecule has 0 radical (unpaired) electrons. The minimum Gasteiger partial charge on any atom is -0.492 e. The van der Waals surface area contributed by atoms with E-state index in [1.165, 1.54) is 12.1 Å². The lowest BCUT2D eigenvalue weighted by Crippen LogP contribution is -2.07. The molecule has 1 aromatic rings. The third kappa shape index (κ3) is 6.53. The first-order valence-corrected chi connectivity index (χ1v) is 6.46. The van der Waals surface area contributed by atoms with Crippen molar-refractivity contribution >= 4 is 0 Å². The molecular formula is C15H20FNO3. The first-order valence-electron chi connectivity index (χ1n) is 6.46. The van der Waals surface area contributed by atoms with Crippen LogP contribution in [-0.2, 0) is 9.47 Å². The summed E-state index contributed by atoms with van der Waals surface area (Å²) in [6.45, 7) is 2.40. The highest BCUT2D eigenvalue weighted by Crippen LogP contribution is 2.19. The molecule has 0 aliphatic carbocycles. The Kier molecular flexibility index (Phi) is 8.40. The Morgan fingerprint density at radius 3 is 2.80 bits per heavy atom. The SMILES string of the molecule is COCCOCCCOc1cc(F)ccc1C#CCN. The van der Waals surface area contributed by atoms with Gasteiger partial charge in [0.2, 0.25) is 0 Å². The van der Waals surface area contributed by atoms with E-state index in [1.807, 2.05) is 0 Å². The van der Waals surface area contributed by atoms with Gasteiger partial charge < -0.3 is 19.9 Å². The molecule has 0 saturated carbocycles. The molecule has 0 atom stereocenters. The van der Waals surface area contributed by atoms with Crippen LogP contribution in [0.15, 0.2) is 18.2 Å². The predicted octanol–water partition coefficient (Wildman–Crippen LogP) is 1.57. The van der Waals surface area contributed by atoms with Crippen LogP contribution in [-0.4, -0.2) is 40.1 Å². The molecule has 0 aromatic heterocycles. The summed E-state index contributed by atoms with van der Waals surface area (Å²) in [5, 5.41) is 0. The van der Waals surface area contributed by atoms with E-state index in [4.69, 9.17) is 19.9 Å². The summed E-state index contributed by atoms with van der Waals surface area (Å²) in [7, 11) is 1.63. The van der Waals surface area contributed by atoms with Crippen LogP contribution >= 0.6 is 0 Å². The van der Waals surface area contributed by atoms with E-state index in [9.17, 15) is 4.39 Å². The lowest BCUT2D eigenvalue weighted by atomic mass is 10.2. The fourth-order valence-electron chi connectivity index (χ4n) is 1.45. The van der Waals surface area contributed by atoms with Crippen LogP contribution in [0.4, 0.5) is 4.39 Å². The van der Waals surface area contributed by atoms with Crippen molar-refractivity contribution in [2.75, 3.05) is 40.1 Å². The van der Waals surface area contributed by atoms with Gasteiger partial charge in [-0.2, -0.15) is 0 Å². The summed E-state index contributed by atoms with van der Waals surface area (Å²) in [6, 6.07) is 4.26. The molecule has 110 valence electrons. The van der Waals surface area contributed by atoms with Crippen molar-refractivity contribution in [3.63, 3.8) is 0 Å². The fraction of sp³-hybridized carbons (Fsp3) is 0.467. The molecule has 0 bridgehead atoms. The van der Waals surface area contributed by atoms with E-state index in [1.54, 1.807) is 13.2 Å². The van der Waals surface area contributed by atoms with Gasteiger partial charge in [0.15, 0.2) is 0 Å². The molecule has 0 unspecified atom stereocenters. The quantitative estimate of drug-likeness (QED) is 0.580. The van der Waals surface area contributed by atoms with E-state index in [0.717, 1.165) is 0 Å². The minimum absolute atomic E-state index is 0.254. The van der Waals surface area contributed by atoms with Crippen molar-refractivity contribution in [2.24, 2.45) is 5.73 Å². The molecular weight excluding hydrogens is 261 g/mol. The number of halogens is 1. The highest BCUT2D eigenvalue weighted by Gasteiger charge is 2.03. The van der Waals surface area contributed by atoms with Crippen LogP contribution in [0.25, 0.3) is 0 Å². The van der Waals surface area contributed by atoms with Crippen molar-refractivity contribution in [3.05, 3.63) is 29.6 Å². The summed E-state index contributed by atoms with van der Waals surface area (Å²) in [4.78, 5) is 0. The summed E-state index contributed by atoms with van der Waals surface area (Å²) < 4.78 is 28.9. The number of rotatable bonds is 8. The third-order valence-electron chi connectivity index (χ3n) is 2.39. The summed E-state index contributed by atoms with van der Waals surface area (Å²) >= 11 is 0. The Bertz CT molecular complexity index is 454. The second-order valence-electron chi connectivity index (χ2n) is 3.95. The first kappa shape index (κ1) is 16.4. The summed E-state index contributed by atoms with van der Waals surface area (Å²) in [5.74, 6) is 5.66. The molecule has 20 heavy (non-hydrogen) atoms. The largest absolute Gasteiger partial charge is 0.492 e. The van der Waals surface area contributed by atoms with Gasteiger partial charge in [-0.25, -0.2) is 4.39 Å². The van der Waals surface area contributed by atoms with E-state index in [0.29, 0.717) is 44.2 Å². The normalized spacial score (nSPS) is 9.95. The Morgan fingerprint density at radius 2 is 2.05 bits per heavy atom. The number of nitrogens with two attached hydrogens (primary N) is 1. The van der Waals surface area contributed by atoms with Gasteiger partial charge in [0.25, 0.3) is 0 Å². The van der Waals surface area contributed by atoms with Crippen LogP contribution in [0.5, 0.6) is 5.75 Å². The van der Waals surface area contributed by atoms with Gasteiger partial charge in [0, 0.05) is 26.2 Å². The molecule has 0 fully saturated rings. The Morgan fingerprint density at radius 1 is 1.20 bits per heavy atom. The van der Waals surface area contributed by atoms with Crippen LogP contribution in [0, 0.1) is 17.7 Å². The van der Waals surface area contributed by atoms with Crippen molar-refractivity contribution in [1.82, 2.24) is 0 Å². The van der Waals surface area contributed by atoms with Crippen LogP contribution < -0.4 is 10.5 Å². The number of hydrogen-bond donors (Lipinski definition) is 1. The zero-order valence-corrected chi connectivity index (χ0v) is 11.7. The number of ether oxygens (including phenoxy) is 3. The lowest BCUT2D eigenvalue weighted by Gasteiger charge is -2.09. The maximum absolute atomic E-state index is 13.2. The van der Waals surface area contributed by atoms with Gasteiger partial charge in [-0.1, -0.05) is 11.8 Å². The van der Waals surface area contributed by atoms with Gasteiger partial charge in [0.1, 0.15) is 11.6 Å². The fourth-order valence-corrected chi connectivity index (χ4v) is 1.45. The van der Waals surface area contributed by atoms with E-state index in [2.05, 4.69) is 11.8 Å². The molecule has 1 aromatic carbocycles. The molecule has 5 heteroatoms. The standard InChI is InChI=1S/C15H20FNO3/c1-18-10-11-19-8-3-9-20-15-12-14(16)6-5-13(15)4-2-7-17/h5-6,12H,3,7-11,17H2,1H3. The second kappa shape index (κ2) is 10.2. The molecule has 0 heterocycles. The van der Waals surface area contributed by atoms with Crippen LogP contribution in [0.1, 0.15) is 12.0 Å². The number of hydrogen-bond acceptors (Lipinski definition) is 4. The van der Waals surface area contributed by atoms with Gasteiger partial charge in [-0.05, 0) is 12.1 Å². The molecule has 0 amide bonds. The van der Waals surface area contributed by atoms with Crippen LogP contribution in [0.3, 0.4) is 0 Å². The van der Waals surface area contributed by atoms with E-state index >= 15 is 0 Å². The Labute approximate surface area is 119 Å². The van der Waals surface area contributed by atoms with Crippen molar-refractivity contribution in [3.8, 4) is 17.6 Å². The third-order valence-corrected chi connectivity index (χ3v) is 2.39. The molecule has 1 rings (SSSR count). The highest BCUT2D eigenvalue weighted by atomic mass is 19.1. The highest BCUT2D eigenvalue weighted by molar-refractivity contribution is 5.46. The van der Waals surface area contributed by atoms with Gasteiger partial charge in [0.05, 0.1) is 31.9 Å². The first-order chi connectivity index (χ1) is 9.77. The van der Waals surface area contributed by atoms with Crippen molar-refractivity contribution in [1.29, 1.82) is 0 Å². The average Bonchev–Trinajstić information content (AvgIpc) is 2.45. The molecule has 0 aliphatic heterocycles. The Hall–Kier alpha value is -1.61. The molecule has 0 aliphatic rings. The molecule has 2 N–H and O–H groups in total. The zero-order chi connectivity index (χ0) is 14.6.